The van der Waals surface area contributed by atoms with Crippen LogP contribution in [0.5, 0.6) is 5.75 Å². The van der Waals surface area contributed by atoms with Gasteiger partial charge in [0.15, 0.2) is 0 Å². The average Bonchev–Trinajstić information content (AvgIpc) is 2.89. The van der Waals surface area contributed by atoms with Crippen LogP contribution >= 0.6 is 0 Å². The van der Waals surface area contributed by atoms with Crippen molar-refractivity contribution in [3.8, 4) is 17.6 Å². The molecule has 3 aromatic rings. The molecule has 1 heteroatoms. The van der Waals surface area contributed by atoms with Gasteiger partial charge in [-0.2, -0.15) is 0 Å². The number of ether oxygens (including phenoxy) is 1. The molecule has 1 aliphatic carbocycles. The summed E-state index contributed by atoms with van der Waals surface area (Å²) in [4.78, 5) is 0. The monoisotopic (exact) mass is 452 g/mol. The van der Waals surface area contributed by atoms with Gasteiger partial charge in [-0.1, -0.05) is 82.1 Å². The molecule has 0 atom stereocenters. The molecule has 4 rings (SSSR count). The van der Waals surface area contributed by atoms with Gasteiger partial charge in [-0.15, -0.1) is 0 Å². The van der Waals surface area contributed by atoms with E-state index in [1.165, 1.54) is 74.1 Å². The van der Waals surface area contributed by atoms with Crippen LogP contribution in [0.25, 0.3) is 10.8 Å². The minimum atomic E-state index is 0.736. The Morgan fingerprint density at radius 3 is 2.15 bits per heavy atom. The lowest BCUT2D eigenvalue weighted by atomic mass is 9.78. The lowest BCUT2D eigenvalue weighted by Gasteiger charge is -2.28. The molecule has 1 nitrogen and oxygen atoms in total. The summed E-state index contributed by atoms with van der Waals surface area (Å²) in [5.41, 5.74) is 3.64. The Morgan fingerprint density at radius 1 is 0.706 bits per heavy atom. The Morgan fingerprint density at radius 2 is 1.38 bits per heavy atom. The average molecular weight is 453 g/mol. The molecule has 0 radical (unpaired) electrons. The van der Waals surface area contributed by atoms with Crippen molar-refractivity contribution in [3.63, 3.8) is 0 Å². The number of rotatable bonds is 9. The van der Waals surface area contributed by atoms with Gasteiger partial charge in [0.1, 0.15) is 5.75 Å². The van der Waals surface area contributed by atoms with Gasteiger partial charge >= 0.3 is 0 Å². The van der Waals surface area contributed by atoms with Crippen LogP contribution in [0.2, 0.25) is 0 Å². The standard InChI is InChI=1S/C33H40O/c1-3-5-6-7-8-23-34-33-22-21-31-24-28(15-20-32(31)25-33)10-9-27-13-18-30(19-14-27)29-16-11-26(4-2)12-17-29/h13-15,18-22,24-26,29H,3-8,11-12,16-17,23H2,1-2H3/t26-,29-. The fourth-order valence-electron chi connectivity index (χ4n) is 5.17. The van der Waals surface area contributed by atoms with Crippen LogP contribution in [0.15, 0.2) is 60.7 Å². The molecule has 0 spiro atoms. The Hall–Kier alpha value is -2.72. The summed E-state index contributed by atoms with van der Waals surface area (Å²) in [6, 6.07) is 21.8. The minimum Gasteiger partial charge on any atom is -0.494 e. The van der Waals surface area contributed by atoms with E-state index in [-0.39, 0.29) is 0 Å². The van der Waals surface area contributed by atoms with Crippen molar-refractivity contribution in [1.82, 2.24) is 0 Å². The highest BCUT2D eigenvalue weighted by molar-refractivity contribution is 5.85. The van der Waals surface area contributed by atoms with Crippen LogP contribution in [0, 0.1) is 17.8 Å². The van der Waals surface area contributed by atoms with E-state index in [4.69, 9.17) is 4.74 Å². The molecule has 0 saturated heterocycles. The quantitative estimate of drug-likeness (QED) is 0.232. The van der Waals surface area contributed by atoms with Crippen molar-refractivity contribution in [3.05, 3.63) is 77.4 Å². The van der Waals surface area contributed by atoms with E-state index in [0.717, 1.165) is 41.7 Å². The summed E-state index contributed by atoms with van der Waals surface area (Å²) in [7, 11) is 0. The van der Waals surface area contributed by atoms with Crippen molar-refractivity contribution >= 4 is 10.8 Å². The highest BCUT2D eigenvalue weighted by Crippen LogP contribution is 2.36. The van der Waals surface area contributed by atoms with Gasteiger partial charge in [-0.05, 0) is 96.7 Å². The van der Waals surface area contributed by atoms with Crippen molar-refractivity contribution < 1.29 is 4.74 Å². The zero-order chi connectivity index (χ0) is 23.6. The lowest BCUT2D eigenvalue weighted by Crippen LogP contribution is -2.12. The first-order valence-electron chi connectivity index (χ1n) is 13.5. The fraction of sp³-hybridized carbons (Fsp3) is 0.455. The van der Waals surface area contributed by atoms with Crippen LogP contribution in [0.4, 0.5) is 0 Å². The van der Waals surface area contributed by atoms with Crippen LogP contribution < -0.4 is 4.74 Å². The normalized spacial score (nSPS) is 17.8. The summed E-state index contributed by atoms with van der Waals surface area (Å²) in [6.07, 6.45) is 13.1. The van der Waals surface area contributed by atoms with E-state index in [9.17, 15) is 0 Å². The number of hydrogen-bond acceptors (Lipinski definition) is 1. The fourth-order valence-corrected chi connectivity index (χ4v) is 5.17. The second-order valence-corrected chi connectivity index (χ2v) is 9.98. The maximum absolute atomic E-state index is 5.97. The summed E-state index contributed by atoms with van der Waals surface area (Å²) < 4.78 is 5.97. The third-order valence-corrected chi connectivity index (χ3v) is 7.49. The van der Waals surface area contributed by atoms with Gasteiger partial charge < -0.3 is 4.74 Å². The predicted octanol–water partition coefficient (Wildman–Crippen LogP) is 9.27. The molecule has 0 bridgehead atoms. The molecule has 178 valence electrons. The number of hydrogen-bond donors (Lipinski definition) is 0. The highest BCUT2D eigenvalue weighted by Gasteiger charge is 2.20. The van der Waals surface area contributed by atoms with Crippen molar-refractivity contribution in [1.29, 1.82) is 0 Å². The molecular formula is C33H40O. The van der Waals surface area contributed by atoms with Gasteiger partial charge in [-0.25, -0.2) is 0 Å². The Kier molecular flexibility index (Phi) is 9.09. The summed E-state index contributed by atoms with van der Waals surface area (Å²) in [5.74, 6) is 9.36. The molecule has 0 aliphatic heterocycles. The number of fused-ring (bicyclic) bond motifs is 1. The lowest BCUT2D eigenvalue weighted by molar-refractivity contribution is 0.305. The summed E-state index contributed by atoms with van der Waals surface area (Å²) in [6.45, 7) is 5.38. The smallest absolute Gasteiger partial charge is 0.119 e. The van der Waals surface area contributed by atoms with Crippen molar-refractivity contribution in [2.75, 3.05) is 6.61 Å². The molecule has 0 heterocycles. The maximum Gasteiger partial charge on any atom is 0.119 e. The van der Waals surface area contributed by atoms with Crippen LogP contribution in [-0.2, 0) is 0 Å². The minimum absolute atomic E-state index is 0.736. The van der Waals surface area contributed by atoms with Gasteiger partial charge in [-0.3, -0.25) is 0 Å². The van der Waals surface area contributed by atoms with Gasteiger partial charge in [0.2, 0.25) is 0 Å². The first-order chi connectivity index (χ1) is 16.7. The maximum atomic E-state index is 5.97. The van der Waals surface area contributed by atoms with E-state index in [2.05, 4.69) is 86.4 Å². The summed E-state index contributed by atoms with van der Waals surface area (Å²) >= 11 is 0. The number of benzene rings is 3. The first kappa shape index (κ1) is 24.4. The molecule has 34 heavy (non-hydrogen) atoms. The van der Waals surface area contributed by atoms with Gasteiger partial charge in [0.05, 0.1) is 6.61 Å². The molecule has 0 aromatic heterocycles. The molecule has 1 aliphatic rings. The Bertz CT molecular complexity index is 1090. The second-order valence-electron chi connectivity index (χ2n) is 9.98. The molecule has 0 unspecified atom stereocenters. The van der Waals surface area contributed by atoms with Gasteiger partial charge in [0.25, 0.3) is 0 Å². The van der Waals surface area contributed by atoms with E-state index in [1.54, 1.807) is 0 Å². The largest absolute Gasteiger partial charge is 0.494 e. The zero-order valence-corrected chi connectivity index (χ0v) is 21.1. The Balaban J connectivity index is 1.33. The topological polar surface area (TPSA) is 9.23 Å². The SMILES string of the molecule is CCCCCCCOc1ccc2cc(C#Cc3ccc([C@H]4CC[C@H](CC)CC4)cc3)ccc2c1. The zero-order valence-electron chi connectivity index (χ0n) is 21.1. The molecule has 1 fully saturated rings. The van der Waals surface area contributed by atoms with E-state index < -0.39 is 0 Å². The van der Waals surface area contributed by atoms with E-state index in [0.29, 0.717) is 0 Å². The summed E-state index contributed by atoms with van der Waals surface area (Å²) in [5, 5.41) is 2.41. The Labute approximate surface area is 206 Å². The van der Waals surface area contributed by atoms with E-state index >= 15 is 0 Å². The van der Waals surface area contributed by atoms with Crippen LogP contribution in [0.3, 0.4) is 0 Å². The third-order valence-electron chi connectivity index (χ3n) is 7.49. The molecule has 1 saturated carbocycles. The number of unbranched alkanes of at least 4 members (excludes halogenated alkanes) is 4. The molecular weight excluding hydrogens is 412 g/mol. The second kappa shape index (κ2) is 12.7. The van der Waals surface area contributed by atoms with E-state index in [1.807, 2.05) is 0 Å². The first-order valence-corrected chi connectivity index (χ1v) is 13.5. The van der Waals surface area contributed by atoms with Gasteiger partial charge in [0, 0.05) is 11.1 Å². The van der Waals surface area contributed by atoms with Crippen LogP contribution in [-0.4, -0.2) is 6.61 Å². The van der Waals surface area contributed by atoms with Crippen LogP contribution in [0.1, 0.15) is 101 Å². The third kappa shape index (κ3) is 6.89. The van der Waals surface area contributed by atoms with Crippen molar-refractivity contribution in [2.45, 2.75) is 84.0 Å². The highest BCUT2D eigenvalue weighted by atomic mass is 16.5. The molecule has 0 N–H and O–H groups in total. The van der Waals surface area contributed by atoms with Crippen molar-refractivity contribution in [2.24, 2.45) is 5.92 Å². The molecule has 3 aromatic carbocycles. The predicted molar refractivity (Wildman–Crippen MR) is 146 cm³/mol. The molecule has 0 amide bonds.